The van der Waals surface area contributed by atoms with E-state index in [0.29, 0.717) is 25.0 Å². The number of rotatable bonds is 10. The average molecular weight is 645 g/mol. The Morgan fingerprint density at radius 1 is 0.458 bits per heavy atom. The first-order valence-corrected chi connectivity index (χ1v) is 14.5. The molecule has 48 heavy (non-hydrogen) atoms. The van der Waals surface area contributed by atoms with Crippen molar-refractivity contribution in [3.8, 4) is 0 Å². The minimum atomic E-state index is -1.54. The van der Waals surface area contributed by atoms with E-state index in [1.807, 2.05) is 97.1 Å². The maximum Gasteiger partial charge on any atom is 0.335 e. The molecule has 5 aromatic rings. The highest BCUT2D eigenvalue weighted by molar-refractivity contribution is 6.09. The molecular formula is C38H32N2O8. The zero-order valence-corrected chi connectivity index (χ0v) is 25.7. The van der Waals surface area contributed by atoms with Crippen LogP contribution >= 0.6 is 0 Å². The van der Waals surface area contributed by atoms with Gasteiger partial charge in [0.2, 0.25) is 11.4 Å². The molecule has 2 heterocycles. The number of carboxylic acid groups (broad SMARTS) is 4. The Kier molecular flexibility index (Phi) is 14.1. The van der Waals surface area contributed by atoms with Crippen LogP contribution in [0.4, 0.5) is 0 Å². The van der Waals surface area contributed by atoms with Crippen molar-refractivity contribution in [3.05, 3.63) is 181 Å². The van der Waals surface area contributed by atoms with E-state index < -0.39 is 35.3 Å². The molecule has 0 saturated heterocycles. The number of carbonyl (C=O) groups is 4. The monoisotopic (exact) mass is 644 g/mol. The van der Waals surface area contributed by atoms with Crippen LogP contribution in [-0.4, -0.2) is 34.1 Å². The van der Waals surface area contributed by atoms with E-state index >= 15 is 0 Å². The average Bonchev–Trinajstić information content (AvgIpc) is 3.09. The van der Waals surface area contributed by atoms with Crippen LogP contribution in [0, 0.1) is 0 Å². The SMILES string of the molecule is O=C(O)/C=C(/C(=O)[O-])[n+]1ccc(Cc2ccccc2)cc1.O=C(O)/C=C(/C(=O)[O-])[n+]1ccc(Cc2ccccc2)cc1.c1ccccc1. The summed E-state index contributed by atoms with van der Waals surface area (Å²) in [6, 6.07) is 38.6. The largest absolute Gasteiger partial charge is 0.539 e. The molecule has 2 aromatic heterocycles. The van der Waals surface area contributed by atoms with Crippen molar-refractivity contribution < 1.29 is 48.7 Å². The van der Waals surface area contributed by atoms with E-state index in [9.17, 15) is 29.4 Å². The number of aromatic nitrogens is 2. The lowest BCUT2D eigenvalue weighted by molar-refractivity contribution is -0.582. The fourth-order valence-corrected chi connectivity index (χ4v) is 4.23. The van der Waals surface area contributed by atoms with E-state index in [1.165, 1.54) is 33.9 Å². The molecule has 5 rings (SSSR count). The summed E-state index contributed by atoms with van der Waals surface area (Å²) < 4.78 is 2.41. The number of aliphatic carboxylic acids is 4. The third kappa shape index (κ3) is 12.7. The highest BCUT2D eigenvalue weighted by atomic mass is 16.4. The van der Waals surface area contributed by atoms with Gasteiger partial charge in [-0.3, -0.25) is 0 Å². The van der Waals surface area contributed by atoms with Gasteiger partial charge in [0, 0.05) is 24.3 Å². The molecular weight excluding hydrogens is 612 g/mol. The molecule has 0 amide bonds. The highest BCUT2D eigenvalue weighted by Crippen LogP contribution is 2.09. The molecule has 0 saturated carbocycles. The molecule has 0 radical (unpaired) electrons. The molecule has 0 spiro atoms. The molecule has 0 bridgehead atoms. The third-order valence-electron chi connectivity index (χ3n) is 6.46. The molecule has 0 aliphatic rings. The fraction of sp³-hybridized carbons (Fsp3) is 0.0526. The summed E-state index contributed by atoms with van der Waals surface area (Å²) in [6.45, 7) is 0. The summed E-state index contributed by atoms with van der Waals surface area (Å²) >= 11 is 0. The van der Waals surface area contributed by atoms with Crippen molar-refractivity contribution in [3.63, 3.8) is 0 Å². The normalized spacial score (nSPS) is 10.8. The molecule has 0 aliphatic carbocycles. The van der Waals surface area contributed by atoms with Crippen LogP contribution < -0.4 is 19.3 Å². The Morgan fingerprint density at radius 3 is 0.958 bits per heavy atom. The van der Waals surface area contributed by atoms with Crippen molar-refractivity contribution in [2.45, 2.75) is 12.8 Å². The van der Waals surface area contributed by atoms with Gasteiger partial charge in [0.1, 0.15) is 11.9 Å². The Labute approximate surface area is 277 Å². The lowest BCUT2D eigenvalue weighted by Gasteiger charge is -2.04. The van der Waals surface area contributed by atoms with Gasteiger partial charge in [-0.15, -0.1) is 0 Å². The van der Waals surface area contributed by atoms with Gasteiger partial charge in [-0.2, -0.15) is 9.13 Å². The molecule has 0 fully saturated rings. The number of hydrogen-bond donors (Lipinski definition) is 2. The summed E-state index contributed by atoms with van der Waals surface area (Å²) in [6.07, 6.45) is 8.64. The summed E-state index contributed by atoms with van der Waals surface area (Å²) in [5.41, 5.74) is 3.41. The number of carbonyl (C=O) groups excluding carboxylic acids is 2. The highest BCUT2D eigenvalue weighted by Gasteiger charge is 2.15. The second kappa shape index (κ2) is 19.0. The molecule has 0 atom stereocenters. The minimum absolute atomic E-state index is 0.422. The minimum Gasteiger partial charge on any atom is -0.539 e. The van der Waals surface area contributed by atoms with Crippen LogP contribution in [0.1, 0.15) is 22.3 Å². The van der Waals surface area contributed by atoms with Crippen molar-refractivity contribution in [1.82, 2.24) is 0 Å². The van der Waals surface area contributed by atoms with E-state index in [2.05, 4.69) is 0 Å². The molecule has 0 unspecified atom stereocenters. The van der Waals surface area contributed by atoms with Crippen molar-refractivity contribution >= 4 is 35.3 Å². The Balaban J connectivity index is 0.000000222. The molecule has 3 aromatic carbocycles. The van der Waals surface area contributed by atoms with Gasteiger partial charge in [-0.05, 0) is 35.1 Å². The first kappa shape index (κ1) is 35.8. The molecule has 10 heteroatoms. The summed E-state index contributed by atoms with van der Waals surface area (Å²) in [5.74, 6) is -5.76. The smallest absolute Gasteiger partial charge is 0.335 e. The first-order chi connectivity index (χ1) is 23.1. The predicted molar refractivity (Wildman–Crippen MR) is 172 cm³/mol. The van der Waals surface area contributed by atoms with Crippen molar-refractivity contribution in [2.75, 3.05) is 0 Å². The summed E-state index contributed by atoms with van der Waals surface area (Å²) in [4.78, 5) is 43.1. The lowest BCUT2D eigenvalue weighted by Crippen LogP contribution is -2.42. The Bertz CT molecular complexity index is 1690. The zero-order valence-electron chi connectivity index (χ0n) is 25.7. The van der Waals surface area contributed by atoms with E-state index in [1.54, 1.807) is 24.3 Å². The van der Waals surface area contributed by atoms with Crippen molar-refractivity contribution in [2.24, 2.45) is 0 Å². The maximum atomic E-state index is 10.9. The Morgan fingerprint density at radius 2 is 0.708 bits per heavy atom. The van der Waals surface area contributed by atoms with E-state index in [-0.39, 0.29) is 0 Å². The standard InChI is InChI=1S/2C16H13NO4.C6H6/c2*18-15(19)11-14(16(20)21)17-8-6-13(7-9-17)10-12-4-2-1-3-5-12;1-2-4-6-5-3-1/h2*1-9,11H,10H2,(H-,18,19,20,21);1-6H/b2*14-11-;. The van der Waals surface area contributed by atoms with E-state index in [0.717, 1.165) is 22.3 Å². The van der Waals surface area contributed by atoms with Crippen molar-refractivity contribution in [1.29, 1.82) is 0 Å². The van der Waals surface area contributed by atoms with Gasteiger partial charge in [0.15, 0.2) is 24.8 Å². The molecule has 2 N–H and O–H groups in total. The number of carboxylic acids is 4. The van der Waals surface area contributed by atoms with Crippen LogP contribution in [-0.2, 0) is 32.0 Å². The Hall–Kier alpha value is -6.68. The maximum absolute atomic E-state index is 10.9. The zero-order chi connectivity index (χ0) is 34.7. The third-order valence-corrected chi connectivity index (χ3v) is 6.46. The van der Waals surface area contributed by atoms with Gasteiger partial charge in [0.25, 0.3) is 0 Å². The lowest BCUT2D eigenvalue weighted by atomic mass is 10.1. The van der Waals surface area contributed by atoms with Gasteiger partial charge in [-0.25, -0.2) is 9.59 Å². The first-order valence-electron chi connectivity index (χ1n) is 14.5. The van der Waals surface area contributed by atoms with Gasteiger partial charge >= 0.3 is 11.9 Å². The van der Waals surface area contributed by atoms with Gasteiger partial charge in [0.05, 0.1) is 12.2 Å². The second-order valence-electron chi connectivity index (χ2n) is 10.0. The second-order valence-corrected chi connectivity index (χ2v) is 10.0. The van der Waals surface area contributed by atoms with Crippen LogP contribution in [0.25, 0.3) is 11.4 Å². The number of pyridine rings is 2. The fourth-order valence-electron chi connectivity index (χ4n) is 4.23. The molecule has 10 nitrogen and oxygen atoms in total. The summed E-state index contributed by atoms with van der Waals surface area (Å²) in [5, 5.41) is 39.2. The van der Waals surface area contributed by atoms with Crippen LogP contribution in [0.15, 0.2) is 158 Å². The predicted octanol–water partition coefficient (Wildman–Crippen LogP) is 2.17. The quantitative estimate of drug-likeness (QED) is 0.173. The molecule has 0 aliphatic heterocycles. The van der Waals surface area contributed by atoms with Crippen LogP contribution in [0.2, 0.25) is 0 Å². The topological polar surface area (TPSA) is 163 Å². The van der Waals surface area contributed by atoms with Gasteiger partial charge in [-0.1, -0.05) is 97.1 Å². The number of nitrogens with zero attached hydrogens (tertiary/aromatic N) is 2. The summed E-state index contributed by atoms with van der Waals surface area (Å²) in [7, 11) is 0. The van der Waals surface area contributed by atoms with Crippen LogP contribution in [0.3, 0.4) is 0 Å². The van der Waals surface area contributed by atoms with E-state index in [4.69, 9.17) is 10.2 Å². The number of hydrogen-bond acceptors (Lipinski definition) is 6. The number of benzene rings is 3. The van der Waals surface area contributed by atoms with Gasteiger partial charge < -0.3 is 30.0 Å². The van der Waals surface area contributed by atoms with Crippen LogP contribution in [0.5, 0.6) is 0 Å². The molecule has 242 valence electrons.